The van der Waals surface area contributed by atoms with Gasteiger partial charge in [0.05, 0.1) is 0 Å². The Morgan fingerprint density at radius 3 is 2.17 bits per heavy atom. The van der Waals surface area contributed by atoms with Crippen LogP contribution in [0.15, 0.2) is 42.5 Å². The first-order chi connectivity index (χ1) is 8.56. The Kier molecular flexibility index (Phi) is 3.86. The lowest BCUT2D eigenvalue weighted by Gasteiger charge is -2.07. The van der Waals surface area contributed by atoms with Crippen LogP contribution in [0.5, 0.6) is 0 Å². The van der Waals surface area contributed by atoms with Crippen molar-refractivity contribution in [1.82, 2.24) is 0 Å². The van der Waals surface area contributed by atoms with Gasteiger partial charge in [0.1, 0.15) is 0 Å². The van der Waals surface area contributed by atoms with Crippen LogP contribution in [0.25, 0.3) is 16.8 Å². The molecule has 0 aliphatic carbocycles. The molecule has 0 saturated carbocycles. The van der Waals surface area contributed by atoms with Gasteiger partial charge in [-0.2, -0.15) is 0 Å². The molecule has 0 bridgehead atoms. The van der Waals surface area contributed by atoms with Crippen LogP contribution in [-0.2, 0) is 0 Å². The van der Waals surface area contributed by atoms with Gasteiger partial charge in [0, 0.05) is 0 Å². The Hall–Kier alpha value is -1.56. The van der Waals surface area contributed by atoms with Crippen LogP contribution in [0.2, 0.25) is 0 Å². The van der Waals surface area contributed by atoms with Crippen molar-refractivity contribution in [2.75, 3.05) is 0 Å². The molecule has 0 saturated heterocycles. The van der Waals surface area contributed by atoms with E-state index in [1.54, 1.807) is 0 Å². The summed E-state index contributed by atoms with van der Waals surface area (Å²) in [6.45, 7) is 8.88. The van der Waals surface area contributed by atoms with Gasteiger partial charge in [-0.25, -0.2) is 0 Å². The fourth-order valence-electron chi connectivity index (χ4n) is 2.05. The summed E-state index contributed by atoms with van der Waals surface area (Å²) >= 11 is 0. The van der Waals surface area contributed by atoms with Gasteiger partial charge in [-0.15, -0.1) is 0 Å². The van der Waals surface area contributed by atoms with Crippen LogP contribution in [-0.4, -0.2) is 0 Å². The molecule has 0 heteroatoms. The molecule has 0 spiro atoms. The van der Waals surface area contributed by atoms with Crippen molar-refractivity contribution in [2.45, 2.75) is 33.6 Å². The van der Waals surface area contributed by atoms with Gasteiger partial charge in [0.15, 0.2) is 0 Å². The zero-order valence-electron chi connectivity index (χ0n) is 11.8. The molecule has 94 valence electrons. The molecule has 18 heavy (non-hydrogen) atoms. The summed E-state index contributed by atoms with van der Waals surface area (Å²) in [6.07, 6.45) is 4.45. The first-order valence-corrected chi connectivity index (χ1v) is 6.78. The van der Waals surface area contributed by atoms with E-state index in [1.165, 1.54) is 21.9 Å². The van der Waals surface area contributed by atoms with Gasteiger partial charge in [-0.3, -0.25) is 0 Å². The summed E-state index contributed by atoms with van der Waals surface area (Å²) in [5.74, 6) is 1.19. The van der Waals surface area contributed by atoms with Crippen molar-refractivity contribution in [2.24, 2.45) is 5.92 Å². The minimum atomic E-state index is 0.593. The molecule has 0 aliphatic heterocycles. The van der Waals surface area contributed by atoms with E-state index in [2.05, 4.69) is 76.2 Å². The van der Waals surface area contributed by atoms with Crippen LogP contribution in [0, 0.1) is 5.92 Å². The molecule has 0 heterocycles. The lowest BCUT2D eigenvalue weighted by molar-refractivity contribution is 0.836. The van der Waals surface area contributed by atoms with Gasteiger partial charge in [0.25, 0.3) is 0 Å². The number of hydrogen-bond acceptors (Lipinski definition) is 0. The van der Waals surface area contributed by atoms with Gasteiger partial charge < -0.3 is 0 Å². The normalized spacial score (nSPS) is 12.1. The largest absolute Gasteiger partial charge is 0.0814 e. The predicted molar refractivity (Wildman–Crippen MR) is 81.9 cm³/mol. The summed E-state index contributed by atoms with van der Waals surface area (Å²) in [5, 5.41) is 2.66. The summed E-state index contributed by atoms with van der Waals surface area (Å²) in [6, 6.07) is 13.5. The third-order valence-corrected chi connectivity index (χ3v) is 3.23. The van der Waals surface area contributed by atoms with E-state index in [-0.39, 0.29) is 0 Å². The molecule has 0 N–H and O–H groups in total. The van der Waals surface area contributed by atoms with Crippen molar-refractivity contribution in [3.63, 3.8) is 0 Å². The van der Waals surface area contributed by atoms with Crippen LogP contribution < -0.4 is 0 Å². The molecule has 2 rings (SSSR count). The van der Waals surface area contributed by atoms with Crippen LogP contribution >= 0.6 is 0 Å². The first kappa shape index (κ1) is 12.9. The zero-order valence-corrected chi connectivity index (χ0v) is 11.8. The zero-order chi connectivity index (χ0) is 13.1. The summed E-state index contributed by atoms with van der Waals surface area (Å²) in [7, 11) is 0. The molecular weight excluding hydrogens is 216 g/mol. The molecular formula is C18H22. The van der Waals surface area contributed by atoms with E-state index in [1.807, 2.05) is 0 Å². The quantitative estimate of drug-likeness (QED) is 0.650. The highest BCUT2D eigenvalue weighted by atomic mass is 14.1. The fourth-order valence-corrected chi connectivity index (χ4v) is 2.05. The average molecular weight is 238 g/mol. The van der Waals surface area contributed by atoms with E-state index >= 15 is 0 Å². The molecule has 2 aromatic rings. The monoisotopic (exact) mass is 238 g/mol. The highest BCUT2D eigenvalue weighted by molar-refractivity contribution is 5.85. The fraction of sp³-hybridized carbons (Fsp3) is 0.333. The van der Waals surface area contributed by atoms with E-state index in [9.17, 15) is 0 Å². The van der Waals surface area contributed by atoms with Crippen molar-refractivity contribution in [1.29, 1.82) is 0 Å². The molecule has 0 unspecified atom stereocenters. The average Bonchev–Trinajstić information content (AvgIpc) is 2.35. The van der Waals surface area contributed by atoms with E-state index in [0.29, 0.717) is 11.8 Å². The second-order valence-corrected chi connectivity index (χ2v) is 5.62. The highest BCUT2D eigenvalue weighted by Gasteiger charge is 2.01. The highest BCUT2D eigenvalue weighted by Crippen LogP contribution is 2.23. The number of hydrogen-bond donors (Lipinski definition) is 0. The minimum Gasteiger partial charge on any atom is -0.0814 e. The van der Waals surface area contributed by atoms with Crippen molar-refractivity contribution >= 4 is 16.8 Å². The Labute approximate surface area is 110 Å². The molecule has 0 aliphatic rings. The number of benzene rings is 2. The molecule has 0 radical (unpaired) electrons. The SMILES string of the molecule is CC(C)/C=C/c1ccc2cc(C(C)C)ccc2c1. The van der Waals surface area contributed by atoms with Crippen molar-refractivity contribution < 1.29 is 0 Å². The molecule has 0 fully saturated rings. The molecule has 0 amide bonds. The smallest absolute Gasteiger partial charge is 0.0178 e. The Morgan fingerprint density at radius 1 is 0.833 bits per heavy atom. The number of allylic oxidation sites excluding steroid dienone is 1. The molecule has 0 aromatic heterocycles. The number of fused-ring (bicyclic) bond motifs is 1. The lowest BCUT2D eigenvalue weighted by Crippen LogP contribution is -1.87. The Bertz CT molecular complexity index is 559. The van der Waals surface area contributed by atoms with Gasteiger partial charge in [-0.05, 0) is 39.8 Å². The second-order valence-electron chi connectivity index (χ2n) is 5.62. The maximum atomic E-state index is 2.30. The van der Waals surface area contributed by atoms with E-state index < -0.39 is 0 Å². The van der Waals surface area contributed by atoms with E-state index in [0.717, 1.165) is 0 Å². The first-order valence-electron chi connectivity index (χ1n) is 6.78. The summed E-state index contributed by atoms with van der Waals surface area (Å²) in [4.78, 5) is 0. The number of rotatable bonds is 3. The predicted octanol–water partition coefficient (Wildman–Crippen LogP) is 5.63. The topological polar surface area (TPSA) is 0 Å². The third-order valence-electron chi connectivity index (χ3n) is 3.23. The maximum Gasteiger partial charge on any atom is -0.0178 e. The molecule has 2 aromatic carbocycles. The second kappa shape index (κ2) is 5.39. The van der Waals surface area contributed by atoms with Gasteiger partial charge in [-0.1, -0.05) is 70.2 Å². The van der Waals surface area contributed by atoms with Gasteiger partial charge >= 0.3 is 0 Å². The minimum absolute atomic E-state index is 0.593. The van der Waals surface area contributed by atoms with Crippen LogP contribution in [0.3, 0.4) is 0 Å². The summed E-state index contributed by atoms with van der Waals surface area (Å²) in [5.41, 5.74) is 2.70. The van der Waals surface area contributed by atoms with Crippen LogP contribution in [0.4, 0.5) is 0 Å². The molecule has 0 atom stereocenters. The summed E-state index contributed by atoms with van der Waals surface area (Å²) < 4.78 is 0. The Balaban J connectivity index is 2.38. The lowest BCUT2D eigenvalue weighted by atomic mass is 9.98. The molecule has 0 nitrogen and oxygen atoms in total. The maximum absolute atomic E-state index is 2.30. The third kappa shape index (κ3) is 3.01. The van der Waals surface area contributed by atoms with Crippen molar-refractivity contribution in [3.05, 3.63) is 53.6 Å². The van der Waals surface area contributed by atoms with E-state index in [4.69, 9.17) is 0 Å². The van der Waals surface area contributed by atoms with Gasteiger partial charge in [0.2, 0.25) is 0 Å². The van der Waals surface area contributed by atoms with Crippen LogP contribution in [0.1, 0.15) is 44.7 Å². The van der Waals surface area contributed by atoms with Crippen molar-refractivity contribution in [3.8, 4) is 0 Å². The standard InChI is InChI=1S/C18H22/c1-13(2)5-6-15-7-8-18-12-16(14(3)4)9-10-17(18)11-15/h5-14H,1-4H3/b6-5+. The Morgan fingerprint density at radius 2 is 1.50 bits per heavy atom.